The van der Waals surface area contributed by atoms with Crippen molar-refractivity contribution in [2.75, 3.05) is 25.9 Å². The van der Waals surface area contributed by atoms with E-state index < -0.39 is 15.4 Å². The molecule has 1 spiro atoms. The highest BCUT2D eigenvalue weighted by molar-refractivity contribution is 7.88. The first-order chi connectivity index (χ1) is 10.8. The highest BCUT2D eigenvalue weighted by Crippen LogP contribution is 2.41. The Labute approximate surface area is 138 Å². The zero-order chi connectivity index (χ0) is 16.7. The smallest absolute Gasteiger partial charge is 0.230 e. The van der Waals surface area contributed by atoms with Crippen LogP contribution in [0.3, 0.4) is 0 Å². The van der Waals surface area contributed by atoms with E-state index in [0.717, 1.165) is 24.9 Å². The first kappa shape index (κ1) is 16.5. The number of nitrogens with zero attached hydrogens (tertiary/aromatic N) is 2. The van der Waals surface area contributed by atoms with Crippen molar-refractivity contribution in [2.45, 2.75) is 32.7 Å². The van der Waals surface area contributed by atoms with Gasteiger partial charge in [-0.25, -0.2) is 12.7 Å². The van der Waals surface area contributed by atoms with Gasteiger partial charge in [0, 0.05) is 26.2 Å². The number of hydrogen-bond acceptors (Lipinski definition) is 3. The van der Waals surface area contributed by atoms with E-state index in [4.69, 9.17) is 0 Å². The lowest BCUT2D eigenvalue weighted by atomic mass is 9.78. The Morgan fingerprint density at radius 3 is 2.65 bits per heavy atom. The molecule has 1 aromatic rings. The Morgan fingerprint density at radius 1 is 1.22 bits per heavy atom. The summed E-state index contributed by atoms with van der Waals surface area (Å²) in [5.74, 6) is 0.122. The van der Waals surface area contributed by atoms with Gasteiger partial charge in [-0.2, -0.15) is 0 Å². The number of benzene rings is 1. The molecular weight excluding hydrogens is 312 g/mol. The van der Waals surface area contributed by atoms with E-state index in [-0.39, 0.29) is 5.91 Å². The maximum absolute atomic E-state index is 13.0. The van der Waals surface area contributed by atoms with E-state index in [1.54, 1.807) is 0 Å². The molecule has 0 aromatic heterocycles. The average Bonchev–Trinajstić information content (AvgIpc) is 2.90. The fourth-order valence-electron chi connectivity index (χ4n) is 3.83. The van der Waals surface area contributed by atoms with Gasteiger partial charge in [-0.15, -0.1) is 0 Å². The van der Waals surface area contributed by atoms with Crippen molar-refractivity contribution in [3.63, 3.8) is 0 Å². The van der Waals surface area contributed by atoms with E-state index in [9.17, 15) is 13.2 Å². The summed E-state index contributed by atoms with van der Waals surface area (Å²) in [6.07, 6.45) is 3.60. The second-order valence-corrected chi connectivity index (χ2v) is 8.93. The second-order valence-electron chi connectivity index (χ2n) is 6.95. The zero-order valence-corrected chi connectivity index (χ0v) is 14.6. The van der Waals surface area contributed by atoms with Crippen molar-refractivity contribution in [1.29, 1.82) is 0 Å². The van der Waals surface area contributed by atoms with Gasteiger partial charge in [-0.3, -0.25) is 4.79 Å². The number of aryl methyl sites for hydroxylation is 1. The number of piperidine rings is 1. The van der Waals surface area contributed by atoms with Crippen LogP contribution in [0.5, 0.6) is 0 Å². The normalized spacial score (nSPS) is 26.2. The Balaban J connectivity index is 1.77. The van der Waals surface area contributed by atoms with Gasteiger partial charge in [0.15, 0.2) is 0 Å². The van der Waals surface area contributed by atoms with E-state index >= 15 is 0 Å². The molecule has 1 atom stereocenters. The lowest BCUT2D eigenvalue weighted by Crippen LogP contribution is -2.49. The fourth-order valence-corrected chi connectivity index (χ4v) is 4.73. The van der Waals surface area contributed by atoms with Crippen LogP contribution in [0.2, 0.25) is 0 Å². The number of carbonyl (C=O) groups is 1. The summed E-state index contributed by atoms with van der Waals surface area (Å²) in [5, 5.41) is 0. The summed E-state index contributed by atoms with van der Waals surface area (Å²) < 4.78 is 25.0. The monoisotopic (exact) mass is 336 g/mol. The summed E-state index contributed by atoms with van der Waals surface area (Å²) >= 11 is 0. The molecule has 1 aromatic carbocycles. The number of hydrogen-bond donors (Lipinski definition) is 0. The van der Waals surface area contributed by atoms with Crippen LogP contribution in [-0.2, 0) is 21.4 Å². The largest absolute Gasteiger partial charge is 0.338 e. The quantitative estimate of drug-likeness (QED) is 0.845. The molecule has 0 N–H and O–H groups in total. The first-order valence-corrected chi connectivity index (χ1v) is 9.95. The topological polar surface area (TPSA) is 57.7 Å². The summed E-state index contributed by atoms with van der Waals surface area (Å²) in [5.41, 5.74) is 1.81. The lowest BCUT2D eigenvalue weighted by Gasteiger charge is -2.39. The standard InChI is InChI=1S/C17H24N2O3S/c1-14-5-3-6-15(11-14)12-18-9-4-7-17(16(18)20)8-10-19(13-17)23(2,21)22/h3,5-6,11H,4,7-10,12-13H2,1-2H3. The van der Waals surface area contributed by atoms with Crippen LogP contribution in [0.1, 0.15) is 30.4 Å². The van der Waals surface area contributed by atoms with Gasteiger partial charge in [-0.1, -0.05) is 29.8 Å². The minimum absolute atomic E-state index is 0.122. The molecule has 23 heavy (non-hydrogen) atoms. The molecule has 2 aliphatic heterocycles. The molecule has 0 bridgehead atoms. The Morgan fingerprint density at radius 2 is 2.00 bits per heavy atom. The number of rotatable bonds is 3. The third-order valence-corrected chi connectivity index (χ3v) is 6.32. The zero-order valence-electron chi connectivity index (χ0n) is 13.8. The molecule has 3 rings (SSSR count). The molecule has 2 saturated heterocycles. The molecule has 0 aliphatic carbocycles. The average molecular weight is 336 g/mol. The van der Waals surface area contributed by atoms with Crippen molar-refractivity contribution in [3.05, 3.63) is 35.4 Å². The Hall–Kier alpha value is -1.40. The van der Waals surface area contributed by atoms with E-state index in [1.165, 1.54) is 16.1 Å². The molecule has 126 valence electrons. The van der Waals surface area contributed by atoms with Gasteiger partial charge in [0.2, 0.25) is 15.9 Å². The SMILES string of the molecule is Cc1cccc(CN2CCCC3(CCN(S(C)(=O)=O)C3)C2=O)c1. The van der Waals surface area contributed by atoms with Gasteiger partial charge in [0.1, 0.15) is 0 Å². The maximum Gasteiger partial charge on any atom is 0.230 e. The highest BCUT2D eigenvalue weighted by atomic mass is 32.2. The second kappa shape index (κ2) is 5.91. The third-order valence-electron chi connectivity index (χ3n) is 5.07. The minimum atomic E-state index is -3.22. The van der Waals surface area contributed by atoms with Gasteiger partial charge in [0.05, 0.1) is 11.7 Å². The van der Waals surface area contributed by atoms with Crippen molar-refractivity contribution in [3.8, 4) is 0 Å². The summed E-state index contributed by atoms with van der Waals surface area (Å²) in [6, 6.07) is 8.20. The molecule has 5 nitrogen and oxygen atoms in total. The molecule has 0 radical (unpaired) electrons. The first-order valence-electron chi connectivity index (χ1n) is 8.10. The van der Waals surface area contributed by atoms with Crippen LogP contribution in [0.15, 0.2) is 24.3 Å². The van der Waals surface area contributed by atoms with E-state index in [1.807, 2.05) is 30.0 Å². The summed E-state index contributed by atoms with van der Waals surface area (Å²) in [6.45, 7) is 4.22. The molecule has 6 heteroatoms. The number of likely N-dealkylation sites (tertiary alicyclic amines) is 1. The molecular formula is C17H24N2O3S. The van der Waals surface area contributed by atoms with Crippen molar-refractivity contribution in [1.82, 2.24) is 9.21 Å². The van der Waals surface area contributed by atoms with Gasteiger partial charge < -0.3 is 4.90 Å². The van der Waals surface area contributed by atoms with Crippen LogP contribution in [0.25, 0.3) is 0 Å². The van der Waals surface area contributed by atoms with Crippen molar-refractivity contribution < 1.29 is 13.2 Å². The molecule has 2 fully saturated rings. The lowest BCUT2D eigenvalue weighted by molar-refractivity contribution is -0.146. The molecule has 0 saturated carbocycles. The number of amides is 1. The Kier molecular flexibility index (Phi) is 4.23. The number of sulfonamides is 1. The number of carbonyl (C=O) groups excluding carboxylic acids is 1. The Bertz CT molecular complexity index is 716. The van der Waals surface area contributed by atoms with Gasteiger partial charge in [-0.05, 0) is 31.7 Å². The van der Waals surface area contributed by atoms with Crippen LogP contribution in [-0.4, -0.2) is 49.4 Å². The fraction of sp³-hybridized carbons (Fsp3) is 0.588. The van der Waals surface area contributed by atoms with Crippen molar-refractivity contribution >= 4 is 15.9 Å². The van der Waals surface area contributed by atoms with Gasteiger partial charge >= 0.3 is 0 Å². The summed E-state index contributed by atoms with van der Waals surface area (Å²) in [7, 11) is -3.22. The van der Waals surface area contributed by atoms with E-state index in [2.05, 4.69) is 6.07 Å². The summed E-state index contributed by atoms with van der Waals surface area (Å²) in [4.78, 5) is 14.9. The molecule has 2 heterocycles. The van der Waals surface area contributed by atoms with Crippen LogP contribution in [0.4, 0.5) is 0 Å². The molecule has 1 unspecified atom stereocenters. The molecule has 1 amide bonds. The van der Waals surface area contributed by atoms with Crippen molar-refractivity contribution in [2.24, 2.45) is 5.41 Å². The molecule has 2 aliphatic rings. The van der Waals surface area contributed by atoms with Crippen LogP contribution < -0.4 is 0 Å². The minimum Gasteiger partial charge on any atom is -0.338 e. The third kappa shape index (κ3) is 3.28. The predicted molar refractivity (Wildman–Crippen MR) is 89.3 cm³/mol. The predicted octanol–water partition coefficient (Wildman–Crippen LogP) is 1.77. The van der Waals surface area contributed by atoms with Gasteiger partial charge in [0.25, 0.3) is 0 Å². The van der Waals surface area contributed by atoms with Crippen LogP contribution in [0, 0.1) is 12.3 Å². The van der Waals surface area contributed by atoms with E-state index in [0.29, 0.717) is 26.1 Å². The maximum atomic E-state index is 13.0. The highest BCUT2D eigenvalue weighted by Gasteiger charge is 2.50. The van der Waals surface area contributed by atoms with Crippen LogP contribution >= 0.6 is 0 Å².